The molecule has 3 aromatic heterocycles. The molecule has 0 bridgehead atoms. The first-order valence-electron chi connectivity index (χ1n) is 11.9. The van der Waals surface area contributed by atoms with E-state index in [2.05, 4.69) is 26.3 Å². The maximum absolute atomic E-state index is 6.13. The first-order valence-corrected chi connectivity index (χ1v) is 12.7. The number of likely N-dealkylation sites (tertiary alicyclic amines) is 1. The van der Waals surface area contributed by atoms with Crippen LogP contribution in [0.1, 0.15) is 56.9 Å². The van der Waals surface area contributed by atoms with Gasteiger partial charge in [0.05, 0.1) is 10.6 Å². The number of anilines is 2. The molecule has 1 aliphatic carbocycles. The Bertz CT molecular complexity index is 994. The minimum atomic E-state index is 0.300. The molecule has 168 valence electrons. The zero-order chi connectivity index (χ0) is 21.6. The maximum atomic E-state index is 6.13. The van der Waals surface area contributed by atoms with E-state index in [1.165, 1.54) is 57.2 Å². The minimum Gasteiger partial charge on any atom is -0.474 e. The Morgan fingerprint density at radius 3 is 2.59 bits per heavy atom. The van der Waals surface area contributed by atoms with Crippen LogP contribution in [-0.4, -0.2) is 39.0 Å². The molecule has 0 aromatic carbocycles. The Balaban J connectivity index is 1.20. The highest BCUT2D eigenvalue weighted by molar-refractivity contribution is 7.18. The molecule has 1 saturated carbocycles. The molecule has 6 nitrogen and oxygen atoms in total. The van der Waals surface area contributed by atoms with Crippen molar-refractivity contribution in [3.05, 3.63) is 48.3 Å². The summed E-state index contributed by atoms with van der Waals surface area (Å²) in [6, 6.07) is 10.2. The lowest BCUT2D eigenvalue weighted by Crippen LogP contribution is -2.29. The van der Waals surface area contributed by atoms with Crippen LogP contribution in [0, 0.1) is 0 Å². The maximum Gasteiger partial charge on any atom is 0.214 e. The third kappa shape index (κ3) is 5.64. The average molecular weight is 450 g/mol. The lowest BCUT2D eigenvalue weighted by atomic mass is 9.98. The quantitative estimate of drug-likeness (QED) is 0.474. The molecule has 1 aliphatic heterocycles. The van der Waals surface area contributed by atoms with Gasteiger partial charge in [0.15, 0.2) is 5.13 Å². The summed E-state index contributed by atoms with van der Waals surface area (Å²) in [6.07, 6.45) is 14.2. The van der Waals surface area contributed by atoms with E-state index >= 15 is 0 Å². The van der Waals surface area contributed by atoms with Crippen molar-refractivity contribution in [2.24, 2.45) is 0 Å². The molecule has 0 spiro atoms. The third-order valence-electron chi connectivity index (χ3n) is 6.24. The molecule has 7 heteroatoms. The van der Waals surface area contributed by atoms with Crippen molar-refractivity contribution in [2.45, 2.75) is 64.0 Å². The number of ether oxygens (including phenoxy) is 1. The number of rotatable bonds is 7. The minimum absolute atomic E-state index is 0.300. The van der Waals surface area contributed by atoms with Crippen LogP contribution < -0.4 is 10.1 Å². The fraction of sp³-hybridized carbons (Fsp3) is 0.480. The summed E-state index contributed by atoms with van der Waals surface area (Å²) in [5, 5.41) is 4.15. The normalized spacial score (nSPS) is 17.9. The fourth-order valence-electron chi connectivity index (χ4n) is 4.50. The van der Waals surface area contributed by atoms with E-state index in [9.17, 15) is 0 Å². The Hall–Kier alpha value is -2.51. The number of hydrogen-bond acceptors (Lipinski definition) is 7. The molecule has 32 heavy (non-hydrogen) atoms. The molecule has 4 heterocycles. The van der Waals surface area contributed by atoms with Crippen molar-refractivity contribution in [1.82, 2.24) is 19.9 Å². The molecular formula is C25H31N5OS. The van der Waals surface area contributed by atoms with Crippen molar-refractivity contribution in [1.29, 1.82) is 0 Å². The number of pyridine rings is 2. The summed E-state index contributed by atoms with van der Waals surface area (Å²) in [5.41, 5.74) is 2.16. The van der Waals surface area contributed by atoms with Gasteiger partial charge in [0.25, 0.3) is 0 Å². The van der Waals surface area contributed by atoms with Gasteiger partial charge in [-0.05, 0) is 69.3 Å². The fourth-order valence-corrected chi connectivity index (χ4v) is 5.29. The summed E-state index contributed by atoms with van der Waals surface area (Å²) >= 11 is 1.58. The van der Waals surface area contributed by atoms with Crippen LogP contribution in [0.5, 0.6) is 5.88 Å². The van der Waals surface area contributed by atoms with Crippen molar-refractivity contribution >= 4 is 22.3 Å². The molecule has 1 saturated heterocycles. The lowest BCUT2D eigenvalue weighted by molar-refractivity contribution is 0.149. The smallest absolute Gasteiger partial charge is 0.214 e. The summed E-state index contributed by atoms with van der Waals surface area (Å²) in [5.74, 6) is 1.53. The highest BCUT2D eigenvalue weighted by atomic mass is 32.1. The van der Waals surface area contributed by atoms with Crippen LogP contribution in [-0.2, 0) is 6.54 Å². The summed E-state index contributed by atoms with van der Waals surface area (Å²) in [7, 11) is 0. The van der Waals surface area contributed by atoms with Gasteiger partial charge in [0, 0.05) is 25.0 Å². The average Bonchev–Trinajstić information content (AvgIpc) is 3.31. The molecule has 0 unspecified atom stereocenters. The molecule has 2 aliphatic rings. The Morgan fingerprint density at radius 1 is 0.938 bits per heavy atom. The second-order valence-corrected chi connectivity index (χ2v) is 9.81. The summed E-state index contributed by atoms with van der Waals surface area (Å²) in [6.45, 7) is 3.38. The van der Waals surface area contributed by atoms with Gasteiger partial charge >= 0.3 is 0 Å². The number of piperidine rings is 1. The molecule has 5 rings (SSSR count). The van der Waals surface area contributed by atoms with Gasteiger partial charge in [-0.25, -0.2) is 15.0 Å². The molecule has 0 atom stereocenters. The summed E-state index contributed by atoms with van der Waals surface area (Å²) in [4.78, 5) is 17.4. The van der Waals surface area contributed by atoms with E-state index in [0.717, 1.165) is 40.9 Å². The van der Waals surface area contributed by atoms with E-state index in [1.807, 2.05) is 36.7 Å². The first-order chi connectivity index (χ1) is 15.8. The molecule has 2 fully saturated rings. The van der Waals surface area contributed by atoms with Gasteiger partial charge in [0.1, 0.15) is 11.9 Å². The van der Waals surface area contributed by atoms with Crippen LogP contribution in [0.2, 0.25) is 0 Å². The first kappa shape index (κ1) is 21.3. The molecule has 1 N–H and O–H groups in total. The van der Waals surface area contributed by atoms with E-state index in [-0.39, 0.29) is 0 Å². The van der Waals surface area contributed by atoms with E-state index in [4.69, 9.17) is 9.72 Å². The SMILES string of the molecule is c1cc(OC2CCCCC2)nc(-c2cnc(Nc3ccc(CN4CCCCC4)cn3)s2)c1. The van der Waals surface area contributed by atoms with Crippen LogP contribution in [0.25, 0.3) is 10.6 Å². The lowest BCUT2D eigenvalue weighted by Gasteiger charge is -2.26. The number of aromatic nitrogens is 3. The van der Waals surface area contributed by atoms with Gasteiger partial charge in [-0.15, -0.1) is 0 Å². The Morgan fingerprint density at radius 2 is 1.78 bits per heavy atom. The summed E-state index contributed by atoms with van der Waals surface area (Å²) < 4.78 is 6.13. The monoisotopic (exact) mass is 449 g/mol. The zero-order valence-corrected chi connectivity index (χ0v) is 19.3. The predicted octanol–water partition coefficient (Wildman–Crippen LogP) is 6.04. The molecule has 0 amide bonds. The van der Waals surface area contributed by atoms with E-state index in [0.29, 0.717) is 12.0 Å². The highest BCUT2D eigenvalue weighted by Crippen LogP contribution is 2.31. The zero-order valence-electron chi connectivity index (χ0n) is 18.5. The van der Waals surface area contributed by atoms with Crippen LogP contribution in [0.4, 0.5) is 10.9 Å². The van der Waals surface area contributed by atoms with E-state index in [1.54, 1.807) is 11.3 Å². The number of nitrogens with zero attached hydrogens (tertiary/aromatic N) is 4. The van der Waals surface area contributed by atoms with Gasteiger partial charge < -0.3 is 10.1 Å². The molecular weight excluding hydrogens is 418 g/mol. The van der Waals surface area contributed by atoms with Gasteiger partial charge in [0.2, 0.25) is 5.88 Å². The van der Waals surface area contributed by atoms with Gasteiger partial charge in [-0.3, -0.25) is 4.90 Å². The second kappa shape index (κ2) is 10.4. The van der Waals surface area contributed by atoms with Gasteiger partial charge in [-0.2, -0.15) is 0 Å². The van der Waals surface area contributed by atoms with Gasteiger partial charge in [-0.1, -0.05) is 36.3 Å². The molecule has 0 radical (unpaired) electrons. The van der Waals surface area contributed by atoms with Crippen LogP contribution in [0.15, 0.2) is 42.7 Å². The largest absolute Gasteiger partial charge is 0.474 e. The third-order valence-corrected chi connectivity index (χ3v) is 7.17. The second-order valence-electron chi connectivity index (χ2n) is 8.78. The standard InChI is InChI=1S/C25H31N5OS/c1-3-8-20(9-4-1)31-24-11-7-10-21(28-24)22-17-27-25(32-22)29-23-13-12-19(16-26-23)18-30-14-5-2-6-15-30/h7,10-13,16-17,20H,1-6,8-9,14-15,18H2,(H,26,27,29). The van der Waals surface area contributed by atoms with Crippen molar-refractivity contribution in [3.63, 3.8) is 0 Å². The van der Waals surface area contributed by atoms with Crippen LogP contribution >= 0.6 is 11.3 Å². The highest BCUT2D eigenvalue weighted by Gasteiger charge is 2.16. The van der Waals surface area contributed by atoms with Crippen molar-refractivity contribution in [3.8, 4) is 16.5 Å². The number of hydrogen-bond donors (Lipinski definition) is 1. The molecule has 3 aromatic rings. The Kier molecular flexibility index (Phi) is 6.94. The van der Waals surface area contributed by atoms with E-state index < -0.39 is 0 Å². The van der Waals surface area contributed by atoms with Crippen molar-refractivity contribution in [2.75, 3.05) is 18.4 Å². The predicted molar refractivity (Wildman–Crippen MR) is 129 cm³/mol. The number of nitrogens with one attached hydrogen (secondary N) is 1. The topological polar surface area (TPSA) is 63.2 Å². The van der Waals surface area contributed by atoms with Crippen molar-refractivity contribution < 1.29 is 4.74 Å². The number of thiazole rings is 1. The van der Waals surface area contributed by atoms with Crippen LogP contribution in [0.3, 0.4) is 0 Å². The Labute approximate surface area is 194 Å².